The number of hydrogen-bond donors (Lipinski definition) is 3. The molecule has 0 unspecified atom stereocenters. The summed E-state index contributed by atoms with van der Waals surface area (Å²) in [7, 11) is 3.16. The largest absolute Gasteiger partial charge is 0.493 e. The molecule has 4 N–H and O–H groups in total. The van der Waals surface area contributed by atoms with E-state index in [9.17, 15) is 4.79 Å². The van der Waals surface area contributed by atoms with Gasteiger partial charge in [0.2, 0.25) is 5.91 Å². The Hall–Kier alpha value is -2.49. The number of carbonyl (C=O) groups excluding carboxylic acids is 1. The number of halogens is 1. The van der Waals surface area contributed by atoms with E-state index >= 15 is 0 Å². The van der Waals surface area contributed by atoms with Gasteiger partial charge in [0.05, 0.1) is 20.8 Å². The smallest absolute Gasteiger partial charge is 0.224 e. The fraction of sp³-hybridized carbons (Fsp3) is 0.333. The minimum atomic E-state index is 0. The molecule has 1 amide bonds. The van der Waals surface area contributed by atoms with Gasteiger partial charge in [-0.15, -0.1) is 24.0 Å². The van der Waals surface area contributed by atoms with Crippen LogP contribution in [0.25, 0.3) is 0 Å². The Bertz CT molecular complexity index is 840. The monoisotopic (exact) mass is 512 g/mol. The molecule has 0 bridgehead atoms. The van der Waals surface area contributed by atoms with E-state index < -0.39 is 0 Å². The van der Waals surface area contributed by atoms with E-state index in [1.807, 2.05) is 44.2 Å². The number of nitrogens with zero attached hydrogens (tertiary/aromatic N) is 1. The zero-order valence-electron chi connectivity index (χ0n) is 17.2. The number of amides is 1. The number of ether oxygens (including phenoxy) is 2. The molecule has 2 aromatic rings. The van der Waals surface area contributed by atoms with Crippen molar-refractivity contribution in [3.8, 4) is 11.5 Å². The van der Waals surface area contributed by atoms with Crippen LogP contribution in [0.5, 0.6) is 11.5 Å². The average Bonchev–Trinajstić information content (AvgIpc) is 2.66. The molecule has 0 atom stereocenters. The van der Waals surface area contributed by atoms with E-state index in [4.69, 9.17) is 15.2 Å². The number of methoxy groups -OCH3 is 2. The summed E-state index contributed by atoms with van der Waals surface area (Å²) < 4.78 is 10.5. The van der Waals surface area contributed by atoms with E-state index in [2.05, 4.69) is 15.6 Å². The highest BCUT2D eigenvalue weighted by atomic mass is 127. The molecule has 0 aliphatic rings. The zero-order chi connectivity index (χ0) is 20.5. The molecule has 0 spiro atoms. The van der Waals surface area contributed by atoms with Crippen LogP contribution < -0.4 is 25.8 Å². The van der Waals surface area contributed by atoms with Crippen LogP contribution in [0.4, 0.5) is 11.4 Å². The van der Waals surface area contributed by atoms with Gasteiger partial charge < -0.3 is 25.8 Å². The van der Waals surface area contributed by atoms with Gasteiger partial charge in [-0.2, -0.15) is 0 Å². The molecule has 0 fully saturated rings. The quantitative estimate of drug-likeness (QED) is 0.280. The molecule has 29 heavy (non-hydrogen) atoms. The number of hydrogen-bond acceptors (Lipinski definition) is 4. The number of benzene rings is 2. The van der Waals surface area contributed by atoms with Gasteiger partial charge in [0.1, 0.15) is 0 Å². The predicted molar refractivity (Wildman–Crippen MR) is 128 cm³/mol. The number of anilines is 2. The third-order valence-electron chi connectivity index (χ3n) is 3.89. The van der Waals surface area contributed by atoms with Gasteiger partial charge in [-0.3, -0.25) is 4.79 Å². The van der Waals surface area contributed by atoms with Crippen molar-refractivity contribution in [2.75, 3.05) is 24.9 Å². The summed E-state index contributed by atoms with van der Waals surface area (Å²) in [5.74, 6) is 1.84. The number of guanidine groups is 1. The molecule has 8 heteroatoms. The normalized spacial score (nSPS) is 10.9. The van der Waals surface area contributed by atoms with E-state index in [1.165, 1.54) is 0 Å². The summed E-state index contributed by atoms with van der Waals surface area (Å²) >= 11 is 0. The van der Waals surface area contributed by atoms with Crippen LogP contribution in [0.3, 0.4) is 0 Å². The topological polar surface area (TPSA) is 98.0 Å². The third-order valence-corrected chi connectivity index (χ3v) is 3.89. The van der Waals surface area contributed by atoms with Crippen molar-refractivity contribution in [1.29, 1.82) is 0 Å². The fourth-order valence-corrected chi connectivity index (χ4v) is 2.61. The van der Waals surface area contributed by atoms with Crippen molar-refractivity contribution in [3.63, 3.8) is 0 Å². The van der Waals surface area contributed by atoms with Crippen LogP contribution in [0.1, 0.15) is 25.8 Å². The molecule has 0 saturated heterocycles. The number of nitrogens with two attached hydrogens (primary N) is 1. The molecule has 0 radical (unpaired) electrons. The van der Waals surface area contributed by atoms with Crippen LogP contribution in [0.2, 0.25) is 0 Å². The van der Waals surface area contributed by atoms with Crippen molar-refractivity contribution in [1.82, 2.24) is 0 Å². The summed E-state index contributed by atoms with van der Waals surface area (Å²) in [6, 6.07) is 13.0. The van der Waals surface area contributed by atoms with Crippen LogP contribution in [-0.4, -0.2) is 26.1 Å². The van der Waals surface area contributed by atoms with Crippen LogP contribution >= 0.6 is 24.0 Å². The maximum Gasteiger partial charge on any atom is 0.224 e. The molecule has 0 aliphatic heterocycles. The maximum absolute atomic E-state index is 11.9. The predicted octanol–water partition coefficient (Wildman–Crippen LogP) is 4.23. The van der Waals surface area contributed by atoms with Crippen molar-refractivity contribution < 1.29 is 14.3 Å². The van der Waals surface area contributed by atoms with Gasteiger partial charge in [-0.1, -0.05) is 26.0 Å². The van der Waals surface area contributed by atoms with Gasteiger partial charge >= 0.3 is 0 Å². The summed E-state index contributed by atoms with van der Waals surface area (Å²) in [5, 5.41) is 5.93. The average molecular weight is 512 g/mol. The Morgan fingerprint density at radius 3 is 2.38 bits per heavy atom. The molecular formula is C21H29IN4O3. The highest BCUT2D eigenvalue weighted by Crippen LogP contribution is 2.29. The molecule has 2 rings (SSSR count). The van der Waals surface area contributed by atoms with Crippen LogP contribution in [-0.2, 0) is 11.3 Å². The number of nitrogens with one attached hydrogen (secondary N) is 2. The number of aliphatic imine (C=N–C) groups is 1. The highest BCUT2D eigenvalue weighted by Gasteiger charge is 2.07. The Labute approximate surface area is 189 Å². The highest BCUT2D eigenvalue weighted by molar-refractivity contribution is 14.0. The van der Waals surface area contributed by atoms with Crippen molar-refractivity contribution >= 4 is 47.2 Å². The van der Waals surface area contributed by atoms with Gasteiger partial charge in [0.25, 0.3) is 0 Å². The Balaban J connectivity index is 0.00000420. The Kier molecular flexibility index (Phi) is 10.3. The van der Waals surface area contributed by atoms with Crippen molar-refractivity contribution in [3.05, 3.63) is 48.0 Å². The van der Waals surface area contributed by atoms with Crippen LogP contribution in [0.15, 0.2) is 47.5 Å². The standard InChI is InChI=1S/C21H28N4O3.HI/c1-14(2)10-20(26)24-16-7-5-6-15(11-16)13-23-21(22)25-17-8-9-18(27-3)19(12-17)28-4;/h5-9,11-12,14H,10,13H2,1-4H3,(H,24,26)(H3,22,23,25);1H. The molecule has 2 aromatic carbocycles. The fourth-order valence-electron chi connectivity index (χ4n) is 2.61. The SMILES string of the molecule is COc1ccc(NC(N)=NCc2cccc(NC(=O)CC(C)C)c2)cc1OC.I. The van der Waals surface area contributed by atoms with E-state index in [0.717, 1.165) is 16.9 Å². The summed E-state index contributed by atoms with van der Waals surface area (Å²) in [4.78, 5) is 16.3. The lowest BCUT2D eigenvalue weighted by Crippen LogP contribution is -2.22. The van der Waals surface area contributed by atoms with Crippen molar-refractivity contribution in [2.24, 2.45) is 16.6 Å². The van der Waals surface area contributed by atoms with Gasteiger partial charge in [0.15, 0.2) is 17.5 Å². The molecule has 0 aliphatic carbocycles. The molecule has 0 saturated carbocycles. The lowest BCUT2D eigenvalue weighted by molar-refractivity contribution is -0.116. The van der Waals surface area contributed by atoms with Crippen LogP contribution in [0, 0.1) is 5.92 Å². The molecule has 0 aromatic heterocycles. The second kappa shape index (κ2) is 12.2. The maximum atomic E-state index is 11.9. The molecule has 158 valence electrons. The summed E-state index contributed by atoms with van der Waals surface area (Å²) in [6.07, 6.45) is 0.491. The van der Waals surface area contributed by atoms with E-state index in [0.29, 0.717) is 30.4 Å². The molecule has 0 heterocycles. The molecular weight excluding hydrogens is 483 g/mol. The minimum absolute atomic E-state index is 0. The number of rotatable bonds is 8. The summed E-state index contributed by atoms with van der Waals surface area (Å²) in [6.45, 7) is 4.41. The first-order valence-corrected chi connectivity index (χ1v) is 9.09. The first kappa shape index (κ1) is 24.5. The first-order valence-electron chi connectivity index (χ1n) is 9.09. The third kappa shape index (κ3) is 8.18. The Morgan fingerprint density at radius 2 is 1.72 bits per heavy atom. The molecule has 7 nitrogen and oxygen atoms in total. The van der Waals surface area contributed by atoms with Gasteiger partial charge in [0, 0.05) is 23.9 Å². The van der Waals surface area contributed by atoms with Gasteiger partial charge in [-0.25, -0.2) is 4.99 Å². The van der Waals surface area contributed by atoms with E-state index in [1.54, 1.807) is 26.4 Å². The zero-order valence-corrected chi connectivity index (χ0v) is 19.5. The minimum Gasteiger partial charge on any atom is -0.493 e. The van der Waals surface area contributed by atoms with E-state index in [-0.39, 0.29) is 35.8 Å². The van der Waals surface area contributed by atoms with Crippen molar-refractivity contribution in [2.45, 2.75) is 26.8 Å². The van der Waals surface area contributed by atoms with Gasteiger partial charge in [-0.05, 0) is 35.7 Å². The number of carbonyl (C=O) groups is 1. The Morgan fingerprint density at radius 1 is 1.03 bits per heavy atom. The lowest BCUT2D eigenvalue weighted by Gasteiger charge is -2.11. The second-order valence-corrected chi connectivity index (χ2v) is 6.74. The second-order valence-electron chi connectivity index (χ2n) is 6.74. The first-order chi connectivity index (χ1) is 13.4. The lowest BCUT2D eigenvalue weighted by atomic mass is 10.1. The summed E-state index contributed by atoms with van der Waals surface area (Å²) in [5.41, 5.74) is 8.43.